The van der Waals surface area contributed by atoms with Crippen molar-refractivity contribution in [2.45, 2.75) is 33.4 Å². The molecule has 2 rings (SSSR count). The van der Waals surface area contributed by atoms with Gasteiger partial charge in [-0.1, -0.05) is 6.07 Å². The van der Waals surface area contributed by atoms with E-state index in [1.807, 2.05) is 41.2 Å². The second-order valence-corrected chi connectivity index (χ2v) is 6.38. The van der Waals surface area contributed by atoms with E-state index in [9.17, 15) is 14.4 Å². The second-order valence-electron chi connectivity index (χ2n) is 5.35. The van der Waals surface area contributed by atoms with Gasteiger partial charge in [-0.25, -0.2) is 9.59 Å². The lowest BCUT2D eigenvalue weighted by molar-refractivity contribution is -0.127. The van der Waals surface area contributed by atoms with Crippen molar-refractivity contribution in [1.29, 1.82) is 0 Å². The van der Waals surface area contributed by atoms with Crippen LogP contribution in [-0.2, 0) is 16.1 Å². The molecule has 0 unspecified atom stereocenters. The fourth-order valence-corrected chi connectivity index (χ4v) is 3.00. The molecule has 3 amide bonds. The van der Waals surface area contributed by atoms with E-state index < -0.39 is 24.0 Å². The summed E-state index contributed by atoms with van der Waals surface area (Å²) in [5, 5.41) is 3.88. The Bertz CT molecular complexity index is 765. The molecule has 0 spiro atoms. The average molecular weight is 349 g/mol. The highest BCUT2D eigenvalue weighted by Crippen LogP contribution is 2.20. The summed E-state index contributed by atoms with van der Waals surface area (Å²) in [6.45, 7) is 5.77. The molecule has 0 aliphatic carbocycles. The number of thiophene rings is 1. The third-order valence-electron chi connectivity index (χ3n) is 3.59. The van der Waals surface area contributed by atoms with Crippen LogP contribution in [0.5, 0.6) is 0 Å². The molecule has 2 aromatic heterocycles. The minimum absolute atomic E-state index is 0.391. The molecule has 8 heteroatoms. The number of ether oxygens (including phenoxy) is 1. The topological polar surface area (TPSA) is 103 Å². The number of primary amides is 1. The van der Waals surface area contributed by atoms with E-state index in [0.717, 1.165) is 11.4 Å². The molecule has 0 bridgehead atoms. The average Bonchev–Trinajstić information content (AvgIpc) is 3.10. The number of nitrogens with one attached hydrogen (secondary N) is 1. The van der Waals surface area contributed by atoms with Crippen LogP contribution in [0.2, 0.25) is 0 Å². The zero-order chi connectivity index (χ0) is 17.9. The van der Waals surface area contributed by atoms with Crippen LogP contribution in [0.25, 0.3) is 0 Å². The lowest BCUT2D eigenvalue weighted by atomic mass is 10.2. The second kappa shape index (κ2) is 7.31. The van der Waals surface area contributed by atoms with E-state index in [1.54, 1.807) is 17.4 Å². The SMILES string of the molecule is Cc1cc(C(=O)O[C@H](C)C(=O)NC(N)=O)c(C)n1Cc1cccs1. The largest absolute Gasteiger partial charge is 0.449 e. The Labute approximate surface area is 143 Å². The van der Waals surface area contributed by atoms with Gasteiger partial charge in [-0.15, -0.1) is 11.3 Å². The molecule has 0 aromatic carbocycles. The van der Waals surface area contributed by atoms with Crippen LogP contribution in [0, 0.1) is 13.8 Å². The lowest BCUT2D eigenvalue weighted by Gasteiger charge is -2.12. The summed E-state index contributed by atoms with van der Waals surface area (Å²) >= 11 is 1.64. The number of amides is 3. The number of imide groups is 1. The van der Waals surface area contributed by atoms with E-state index in [1.165, 1.54) is 11.8 Å². The molecule has 128 valence electrons. The minimum Gasteiger partial charge on any atom is -0.449 e. The summed E-state index contributed by atoms with van der Waals surface area (Å²) in [6.07, 6.45) is -1.12. The van der Waals surface area contributed by atoms with Gasteiger partial charge in [0.2, 0.25) is 0 Å². The van der Waals surface area contributed by atoms with Crippen molar-refractivity contribution in [3.63, 3.8) is 0 Å². The predicted molar refractivity (Wildman–Crippen MR) is 89.9 cm³/mol. The normalized spacial score (nSPS) is 11.8. The van der Waals surface area contributed by atoms with Gasteiger partial charge in [0.1, 0.15) is 0 Å². The molecular weight excluding hydrogens is 330 g/mol. The van der Waals surface area contributed by atoms with E-state index in [4.69, 9.17) is 10.5 Å². The highest BCUT2D eigenvalue weighted by atomic mass is 32.1. The van der Waals surface area contributed by atoms with Crippen molar-refractivity contribution in [1.82, 2.24) is 9.88 Å². The first-order valence-corrected chi connectivity index (χ1v) is 8.18. The molecule has 0 saturated carbocycles. The van der Waals surface area contributed by atoms with Crippen molar-refractivity contribution in [2.75, 3.05) is 0 Å². The number of hydrogen-bond acceptors (Lipinski definition) is 5. The van der Waals surface area contributed by atoms with Crippen molar-refractivity contribution in [3.05, 3.63) is 45.4 Å². The number of nitrogens with zero attached hydrogens (tertiary/aromatic N) is 1. The number of hydrogen-bond donors (Lipinski definition) is 2. The zero-order valence-electron chi connectivity index (χ0n) is 13.7. The van der Waals surface area contributed by atoms with Crippen LogP contribution in [0.1, 0.15) is 33.5 Å². The molecule has 2 heterocycles. The summed E-state index contributed by atoms with van der Waals surface area (Å²) in [6, 6.07) is 4.74. The standard InChI is InChI=1S/C16H19N3O4S/c1-9-7-13(10(2)19(9)8-12-5-4-6-24-12)15(21)23-11(3)14(20)18-16(17)22/h4-7,11H,8H2,1-3H3,(H3,17,18,20,22)/t11-/m1/s1. The van der Waals surface area contributed by atoms with Crippen LogP contribution in [0.4, 0.5) is 4.79 Å². The van der Waals surface area contributed by atoms with E-state index in [2.05, 4.69) is 0 Å². The van der Waals surface area contributed by atoms with Crippen molar-refractivity contribution >= 4 is 29.2 Å². The number of nitrogens with two attached hydrogens (primary N) is 1. The van der Waals surface area contributed by atoms with Crippen LogP contribution in [0.3, 0.4) is 0 Å². The molecule has 24 heavy (non-hydrogen) atoms. The van der Waals surface area contributed by atoms with Crippen LogP contribution >= 0.6 is 11.3 Å². The molecule has 0 aliphatic heterocycles. The van der Waals surface area contributed by atoms with Crippen molar-refractivity contribution in [2.24, 2.45) is 5.73 Å². The Morgan fingerprint density at radius 3 is 2.67 bits per heavy atom. The maximum atomic E-state index is 12.3. The van der Waals surface area contributed by atoms with Gasteiger partial charge in [0.15, 0.2) is 6.10 Å². The Hall–Kier alpha value is -2.61. The molecule has 0 fully saturated rings. The number of aromatic nitrogens is 1. The van der Waals surface area contributed by atoms with Gasteiger partial charge in [0.05, 0.1) is 12.1 Å². The fraction of sp³-hybridized carbons (Fsp3) is 0.312. The monoisotopic (exact) mass is 349 g/mol. The number of carbonyl (C=O) groups is 3. The first-order valence-electron chi connectivity index (χ1n) is 7.30. The highest BCUT2D eigenvalue weighted by Gasteiger charge is 2.23. The number of carbonyl (C=O) groups excluding carboxylic acids is 3. The number of rotatable bonds is 5. The molecule has 0 radical (unpaired) electrons. The lowest BCUT2D eigenvalue weighted by Crippen LogP contribution is -2.42. The van der Waals surface area contributed by atoms with Gasteiger partial charge >= 0.3 is 12.0 Å². The highest BCUT2D eigenvalue weighted by molar-refractivity contribution is 7.09. The van der Waals surface area contributed by atoms with Gasteiger partial charge in [-0.2, -0.15) is 0 Å². The number of esters is 1. The molecule has 7 nitrogen and oxygen atoms in total. The summed E-state index contributed by atoms with van der Waals surface area (Å²) in [4.78, 5) is 35.7. The zero-order valence-corrected chi connectivity index (χ0v) is 14.5. The first-order chi connectivity index (χ1) is 11.3. The van der Waals surface area contributed by atoms with E-state index in [0.29, 0.717) is 12.1 Å². The fourth-order valence-electron chi connectivity index (χ4n) is 2.31. The van der Waals surface area contributed by atoms with Crippen molar-refractivity contribution < 1.29 is 19.1 Å². The number of urea groups is 1. The Morgan fingerprint density at radius 1 is 1.38 bits per heavy atom. The molecule has 3 N–H and O–H groups in total. The minimum atomic E-state index is -1.12. The Morgan fingerprint density at radius 2 is 2.08 bits per heavy atom. The summed E-state index contributed by atoms with van der Waals surface area (Å²) < 4.78 is 7.12. The van der Waals surface area contributed by atoms with Crippen LogP contribution in [-0.4, -0.2) is 28.6 Å². The third-order valence-corrected chi connectivity index (χ3v) is 4.45. The third kappa shape index (κ3) is 4.02. The van der Waals surface area contributed by atoms with E-state index >= 15 is 0 Å². The smallest absolute Gasteiger partial charge is 0.340 e. The summed E-state index contributed by atoms with van der Waals surface area (Å²) in [5.74, 6) is -1.38. The van der Waals surface area contributed by atoms with Gasteiger partial charge in [0, 0.05) is 16.3 Å². The Balaban J connectivity index is 2.13. The molecule has 1 atom stereocenters. The summed E-state index contributed by atoms with van der Waals surface area (Å²) in [7, 11) is 0. The number of aryl methyl sites for hydroxylation is 1. The predicted octanol–water partition coefficient (Wildman–Crippen LogP) is 1.95. The maximum absolute atomic E-state index is 12.3. The molecule has 0 aliphatic rings. The van der Waals surface area contributed by atoms with Gasteiger partial charge < -0.3 is 15.0 Å². The molecular formula is C16H19N3O4S. The Kier molecular flexibility index (Phi) is 5.40. The first kappa shape index (κ1) is 17.7. The maximum Gasteiger partial charge on any atom is 0.340 e. The van der Waals surface area contributed by atoms with Crippen LogP contribution in [0.15, 0.2) is 23.6 Å². The quantitative estimate of drug-likeness (QED) is 0.805. The van der Waals surface area contributed by atoms with Crippen molar-refractivity contribution in [3.8, 4) is 0 Å². The molecule has 2 aromatic rings. The van der Waals surface area contributed by atoms with Gasteiger partial charge in [-0.3, -0.25) is 10.1 Å². The van der Waals surface area contributed by atoms with Gasteiger partial charge in [0.25, 0.3) is 5.91 Å². The van der Waals surface area contributed by atoms with Crippen LogP contribution < -0.4 is 11.1 Å². The molecule has 0 saturated heterocycles. The summed E-state index contributed by atoms with van der Waals surface area (Å²) in [5.41, 5.74) is 6.94. The van der Waals surface area contributed by atoms with Gasteiger partial charge in [-0.05, 0) is 38.3 Å². The van der Waals surface area contributed by atoms with E-state index in [-0.39, 0.29) is 0 Å².